The van der Waals surface area contributed by atoms with Crippen LogP contribution in [0.5, 0.6) is 0 Å². The molecule has 0 saturated carbocycles. The van der Waals surface area contributed by atoms with Crippen LogP contribution in [0.2, 0.25) is 0 Å². The highest BCUT2D eigenvalue weighted by Gasteiger charge is 2.39. The number of aryl methyl sites for hydroxylation is 2. The number of carbonyl (C=O) groups is 1. The lowest BCUT2D eigenvalue weighted by atomic mass is 9.99. The topological polar surface area (TPSA) is 32.3 Å². The molecule has 0 spiro atoms. The van der Waals surface area contributed by atoms with Gasteiger partial charge in [0.25, 0.3) is 5.91 Å². The maximum absolute atomic E-state index is 12.9. The van der Waals surface area contributed by atoms with Crippen LogP contribution >= 0.6 is 0 Å². The predicted molar refractivity (Wildman–Crippen MR) is 104 cm³/mol. The van der Waals surface area contributed by atoms with E-state index in [-0.39, 0.29) is 18.1 Å². The van der Waals surface area contributed by atoms with Gasteiger partial charge in [-0.1, -0.05) is 48.5 Å². The molecule has 1 aliphatic heterocycles. The van der Waals surface area contributed by atoms with E-state index in [4.69, 9.17) is 0 Å². The van der Waals surface area contributed by atoms with Crippen molar-refractivity contribution in [2.24, 2.45) is 0 Å². The van der Waals surface area contributed by atoms with Crippen LogP contribution in [-0.4, -0.2) is 23.0 Å². The van der Waals surface area contributed by atoms with Gasteiger partial charge in [-0.2, -0.15) is 0 Å². The van der Waals surface area contributed by atoms with E-state index < -0.39 is 0 Å². The number of hydrogen-bond acceptors (Lipinski definition) is 2. The van der Waals surface area contributed by atoms with Crippen LogP contribution in [0.4, 0.5) is 5.69 Å². The summed E-state index contributed by atoms with van der Waals surface area (Å²) in [5.74, 6) is 0.109. The Labute approximate surface area is 150 Å². The Morgan fingerprint density at radius 2 is 1.52 bits per heavy atom. The Hall–Kier alpha value is -2.55. The van der Waals surface area contributed by atoms with Crippen molar-refractivity contribution >= 4 is 17.2 Å². The van der Waals surface area contributed by atoms with Crippen molar-refractivity contribution in [3.63, 3.8) is 0 Å². The second-order valence-corrected chi connectivity index (χ2v) is 7.02. The summed E-state index contributed by atoms with van der Waals surface area (Å²) >= 11 is 0. The summed E-state index contributed by atoms with van der Waals surface area (Å²) in [7, 11) is 0. The van der Waals surface area contributed by atoms with Crippen molar-refractivity contribution in [1.29, 1.82) is 0 Å². The lowest BCUT2D eigenvalue weighted by molar-refractivity contribution is -0.128. The Morgan fingerprint density at radius 1 is 0.920 bits per heavy atom. The molecule has 0 bridgehead atoms. The molecule has 0 saturated heterocycles. The van der Waals surface area contributed by atoms with Crippen LogP contribution in [0, 0.1) is 13.8 Å². The van der Waals surface area contributed by atoms with Gasteiger partial charge >= 0.3 is 0 Å². The number of hydrogen-bond donors (Lipinski definition) is 1. The minimum Gasteiger partial charge on any atom is -0.361 e. The number of rotatable bonds is 4. The SMILES string of the molecule is CC1=C(c2ccccc2)C(Nc2c(C)cccc2C)N(C(C)C)C1=O. The van der Waals surface area contributed by atoms with Gasteiger partial charge in [0.05, 0.1) is 0 Å². The fraction of sp³-hybridized carbons (Fsp3) is 0.318. The fourth-order valence-corrected chi connectivity index (χ4v) is 3.62. The smallest absolute Gasteiger partial charge is 0.252 e. The van der Waals surface area contributed by atoms with Crippen LogP contribution in [-0.2, 0) is 4.79 Å². The summed E-state index contributed by atoms with van der Waals surface area (Å²) < 4.78 is 0. The highest BCUT2D eigenvalue weighted by Crippen LogP contribution is 2.36. The highest BCUT2D eigenvalue weighted by atomic mass is 16.2. The third-order valence-electron chi connectivity index (χ3n) is 4.91. The van der Waals surface area contributed by atoms with E-state index in [9.17, 15) is 4.79 Å². The summed E-state index contributed by atoms with van der Waals surface area (Å²) in [5, 5.41) is 3.67. The molecule has 0 radical (unpaired) electrons. The molecule has 3 rings (SSSR count). The van der Waals surface area contributed by atoms with Gasteiger partial charge in [-0.15, -0.1) is 0 Å². The third kappa shape index (κ3) is 3.07. The molecular formula is C22H26N2O. The second kappa shape index (κ2) is 6.75. The fourth-order valence-electron chi connectivity index (χ4n) is 3.62. The van der Waals surface area contributed by atoms with E-state index in [1.807, 2.05) is 30.0 Å². The van der Waals surface area contributed by atoms with Gasteiger partial charge in [-0.25, -0.2) is 0 Å². The Balaban J connectivity index is 2.10. The van der Waals surface area contributed by atoms with Crippen molar-refractivity contribution in [3.05, 3.63) is 70.8 Å². The second-order valence-electron chi connectivity index (χ2n) is 7.02. The van der Waals surface area contributed by atoms with E-state index >= 15 is 0 Å². The third-order valence-corrected chi connectivity index (χ3v) is 4.91. The maximum atomic E-state index is 12.9. The van der Waals surface area contributed by atoms with Crippen molar-refractivity contribution in [3.8, 4) is 0 Å². The number of nitrogens with zero attached hydrogens (tertiary/aromatic N) is 1. The van der Waals surface area contributed by atoms with Gasteiger partial charge in [-0.05, 0) is 51.3 Å². The largest absolute Gasteiger partial charge is 0.361 e. The normalized spacial score (nSPS) is 17.6. The first kappa shape index (κ1) is 17.3. The Bertz CT molecular complexity index is 801. The first-order chi connectivity index (χ1) is 11.9. The number of amides is 1. The molecule has 130 valence electrons. The lowest BCUT2D eigenvalue weighted by Gasteiger charge is -2.33. The summed E-state index contributed by atoms with van der Waals surface area (Å²) in [5.41, 5.74) is 6.47. The molecule has 2 aromatic rings. The van der Waals surface area contributed by atoms with Crippen LogP contribution in [0.15, 0.2) is 54.1 Å². The minimum atomic E-state index is -0.158. The molecule has 25 heavy (non-hydrogen) atoms. The van der Waals surface area contributed by atoms with E-state index in [2.05, 4.69) is 63.3 Å². The zero-order valence-electron chi connectivity index (χ0n) is 15.6. The first-order valence-corrected chi connectivity index (χ1v) is 8.83. The number of benzene rings is 2. The molecule has 1 amide bonds. The summed E-state index contributed by atoms with van der Waals surface area (Å²) in [6, 6.07) is 16.6. The van der Waals surface area contributed by atoms with Crippen molar-refractivity contribution in [2.45, 2.75) is 46.8 Å². The van der Waals surface area contributed by atoms with Crippen molar-refractivity contribution in [1.82, 2.24) is 4.90 Å². The first-order valence-electron chi connectivity index (χ1n) is 8.83. The van der Waals surface area contributed by atoms with E-state index in [1.54, 1.807) is 0 Å². The van der Waals surface area contributed by atoms with E-state index in [0.717, 1.165) is 22.4 Å². The molecule has 1 N–H and O–H groups in total. The van der Waals surface area contributed by atoms with Gasteiger partial charge < -0.3 is 10.2 Å². The molecule has 1 heterocycles. The van der Waals surface area contributed by atoms with Gasteiger partial charge in [0, 0.05) is 22.9 Å². The van der Waals surface area contributed by atoms with E-state index in [1.165, 1.54) is 11.1 Å². The van der Waals surface area contributed by atoms with Crippen LogP contribution < -0.4 is 5.32 Å². The quantitative estimate of drug-likeness (QED) is 0.874. The average Bonchev–Trinajstić information content (AvgIpc) is 2.83. The molecule has 1 aliphatic rings. The monoisotopic (exact) mass is 334 g/mol. The lowest BCUT2D eigenvalue weighted by Crippen LogP contribution is -2.45. The molecule has 1 unspecified atom stereocenters. The molecule has 1 atom stereocenters. The number of para-hydroxylation sites is 1. The zero-order chi connectivity index (χ0) is 18.1. The Morgan fingerprint density at radius 3 is 2.08 bits per heavy atom. The van der Waals surface area contributed by atoms with Gasteiger partial charge in [0.1, 0.15) is 6.17 Å². The minimum absolute atomic E-state index is 0.109. The maximum Gasteiger partial charge on any atom is 0.252 e. The molecule has 3 nitrogen and oxygen atoms in total. The van der Waals surface area contributed by atoms with Gasteiger partial charge in [-0.3, -0.25) is 4.79 Å². The standard InChI is InChI=1S/C22H26N2O/c1-14(2)24-21(23-20-15(3)10-9-11-16(20)4)19(17(5)22(24)25)18-12-7-6-8-13-18/h6-14,21,23H,1-5H3. The highest BCUT2D eigenvalue weighted by molar-refractivity contribution is 6.07. The molecular weight excluding hydrogens is 308 g/mol. The van der Waals surface area contributed by atoms with Crippen molar-refractivity contribution < 1.29 is 4.79 Å². The van der Waals surface area contributed by atoms with Crippen LogP contribution in [0.25, 0.3) is 5.57 Å². The summed E-state index contributed by atoms with van der Waals surface area (Å²) in [6.07, 6.45) is -0.158. The molecule has 3 heteroatoms. The molecule has 0 fully saturated rings. The van der Waals surface area contributed by atoms with Gasteiger partial charge in [0.15, 0.2) is 0 Å². The van der Waals surface area contributed by atoms with Gasteiger partial charge in [0.2, 0.25) is 0 Å². The average molecular weight is 334 g/mol. The molecule has 0 aliphatic carbocycles. The summed E-state index contributed by atoms with van der Waals surface area (Å²) in [4.78, 5) is 14.9. The number of carbonyl (C=O) groups excluding carboxylic acids is 1. The van der Waals surface area contributed by atoms with Crippen molar-refractivity contribution in [2.75, 3.05) is 5.32 Å². The number of anilines is 1. The van der Waals surface area contributed by atoms with Crippen LogP contribution in [0.1, 0.15) is 37.5 Å². The Kier molecular flexibility index (Phi) is 4.67. The molecule has 2 aromatic carbocycles. The molecule has 0 aromatic heterocycles. The zero-order valence-corrected chi connectivity index (χ0v) is 15.6. The summed E-state index contributed by atoms with van der Waals surface area (Å²) in [6.45, 7) is 10.3. The number of nitrogens with one attached hydrogen (secondary N) is 1. The predicted octanol–water partition coefficient (Wildman–Crippen LogP) is 4.77. The van der Waals surface area contributed by atoms with E-state index in [0.29, 0.717) is 0 Å². The van der Waals surface area contributed by atoms with Crippen LogP contribution in [0.3, 0.4) is 0 Å².